The number of aliphatic hydroxyl groups excluding tert-OH is 1. The molecule has 102 valence electrons. The predicted molar refractivity (Wildman–Crippen MR) is 71.2 cm³/mol. The lowest BCUT2D eigenvalue weighted by Gasteiger charge is -2.08. The first-order valence-corrected chi connectivity index (χ1v) is 6.80. The number of unbranched alkanes of at least 4 members (excludes halogenated alkanes) is 5. The van der Waals surface area contributed by atoms with Gasteiger partial charge in [-0.25, -0.2) is 4.39 Å². The highest BCUT2D eigenvalue weighted by molar-refractivity contribution is 5.28. The Bertz CT molecular complexity index is 339. The number of benzene rings is 1. The Kier molecular flexibility index (Phi) is 7.42. The van der Waals surface area contributed by atoms with Crippen molar-refractivity contribution in [1.82, 2.24) is 0 Å². The molecule has 0 aliphatic carbocycles. The van der Waals surface area contributed by atoms with Crippen LogP contribution in [0, 0.1) is 5.82 Å². The highest BCUT2D eigenvalue weighted by Gasteiger charge is 2.04. The molecule has 2 nitrogen and oxygen atoms in total. The summed E-state index contributed by atoms with van der Waals surface area (Å²) in [5, 5.41) is 8.86. The van der Waals surface area contributed by atoms with Crippen molar-refractivity contribution in [2.75, 3.05) is 6.61 Å². The molecular formula is C15H23FO2. The molecule has 0 amide bonds. The van der Waals surface area contributed by atoms with E-state index in [4.69, 9.17) is 9.84 Å². The van der Waals surface area contributed by atoms with Crippen LogP contribution >= 0.6 is 0 Å². The van der Waals surface area contributed by atoms with Crippen molar-refractivity contribution in [2.45, 2.75) is 52.1 Å². The van der Waals surface area contributed by atoms with Crippen molar-refractivity contribution in [3.63, 3.8) is 0 Å². The summed E-state index contributed by atoms with van der Waals surface area (Å²) in [7, 11) is 0. The SMILES string of the molecule is CCCCCCCCOc1ccc(CO)cc1F. The van der Waals surface area contributed by atoms with E-state index >= 15 is 0 Å². The maximum absolute atomic E-state index is 13.5. The summed E-state index contributed by atoms with van der Waals surface area (Å²) >= 11 is 0. The summed E-state index contributed by atoms with van der Waals surface area (Å²) < 4.78 is 18.9. The van der Waals surface area contributed by atoms with Gasteiger partial charge < -0.3 is 9.84 Å². The topological polar surface area (TPSA) is 29.5 Å². The smallest absolute Gasteiger partial charge is 0.165 e. The molecule has 0 bridgehead atoms. The van der Waals surface area contributed by atoms with E-state index in [1.165, 1.54) is 31.7 Å². The minimum Gasteiger partial charge on any atom is -0.491 e. The first-order valence-electron chi connectivity index (χ1n) is 6.80. The second-order valence-corrected chi connectivity index (χ2v) is 4.54. The van der Waals surface area contributed by atoms with Gasteiger partial charge in [0.15, 0.2) is 11.6 Å². The van der Waals surface area contributed by atoms with E-state index in [0.717, 1.165) is 12.8 Å². The van der Waals surface area contributed by atoms with Crippen LogP contribution in [0.2, 0.25) is 0 Å². The Morgan fingerprint density at radius 1 is 1.11 bits per heavy atom. The van der Waals surface area contributed by atoms with E-state index in [1.807, 2.05) is 0 Å². The van der Waals surface area contributed by atoms with Crippen LogP contribution in [-0.2, 0) is 6.61 Å². The predicted octanol–water partition coefficient (Wildman–Crippen LogP) is 4.06. The lowest BCUT2D eigenvalue weighted by Crippen LogP contribution is -2.00. The summed E-state index contributed by atoms with van der Waals surface area (Å²) in [6, 6.07) is 4.58. The zero-order valence-electron chi connectivity index (χ0n) is 11.1. The molecule has 0 atom stereocenters. The highest BCUT2D eigenvalue weighted by atomic mass is 19.1. The molecule has 0 unspecified atom stereocenters. The average molecular weight is 254 g/mol. The Labute approximate surface area is 109 Å². The molecule has 1 rings (SSSR count). The van der Waals surface area contributed by atoms with Crippen molar-refractivity contribution >= 4 is 0 Å². The lowest BCUT2D eigenvalue weighted by atomic mass is 10.1. The number of aliphatic hydroxyl groups is 1. The van der Waals surface area contributed by atoms with Gasteiger partial charge in [0.25, 0.3) is 0 Å². The fourth-order valence-corrected chi connectivity index (χ4v) is 1.82. The minimum absolute atomic E-state index is 0.144. The zero-order chi connectivity index (χ0) is 13.2. The molecule has 0 spiro atoms. The van der Waals surface area contributed by atoms with E-state index in [0.29, 0.717) is 12.2 Å². The van der Waals surface area contributed by atoms with E-state index in [9.17, 15) is 4.39 Å². The number of hydrogen-bond donors (Lipinski definition) is 1. The van der Waals surface area contributed by atoms with Crippen LogP contribution in [0.1, 0.15) is 51.0 Å². The minimum atomic E-state index is -0.396. The summed E-state index contributed by atoms with van der Waals surface area (Å²) in [5.41, 5.74) is 0.569. The van der Waals surface area contributed by atoms with Gasteiger partial charge >= 0.3 is 0 Å². The monoisotopic (exact) mass is 254 g/mol. The number of halogens is 1. The maximum atomic E-state index is 13.5. The number of rotatable bonds is 9. The summed E-state index contributed by atoms with van der Waals surface area (Å²) in [6.07, 6.45) is 7.14. The molecule has 1 N–H and O–H groups in total. The zero-order valence-corrected chi connectivity index (χ0v) is 11.1. The second-order valence-electron chi connectivity index (χ2n) is 4.54. The van der Waals surface area contributed by atoms with Gasteiger partial charge in [-0.2, -0.15) is 0 Å². The van der Waals surface area contributed by atoms with E-state index in [1.54, 1.807) is 12.1 Å². The highest BCUT2D eigenvalue weighted by Crippen LogP contribution is 2.18. The molecule has 0 saturated carbocycles. The maximum Gasteiger partial charge on any atom is 0.165 e. The van der Waals surface area contributed by atoms with E-state index in [-0.39, 0.29) is 12.4 Å². The quantitative estimate of drug-likeness (QED) is 0.673. The van der Waals surface area contributed by atoms with Crippen LogP contribution in [0.15, 0.2) is 18.2 Å². The van der Waals surface area contributed by atoms with Gasteiger partial charge in [-0.05, 0) is 24.1 Å². The molecule has 0 aliphatic rings. The molecule has 0 fully saturated rings. The fourth-order valence-electron chi connectivity index (χ4n) is 1.82. The first-order chi connectivity index (χ1) is 8.77. The van der Waals surface area contributed by atoms with Gasteiger partial charge in [-0.1, -0.05) is 45.1 Å². The molecule has 0 radical (unpaired) electrons. The van der Waals surface area contributed by atoms with Gasteiger partial charge in [0.05, 0.1) is 13.2 Å². The van der Waals surface area contributed by atoms with Gasteiger partial charge in [0.1, 0.15) is 0 Å². The van der Waals surface area contributed by atoms with E-state index < -0.39 is 5.82 Å². The van der Waals surface area contributed by atoms with Crippen molar-refractivity contribution in [1.29, 1.82) is 0 Å². The summed E-state index contributed by atoms with van der Waals surface area (Å²) in [4.78, 5) is 0. The molecule has 0 aliphatic heterocycles. The van der Waals surface area contributed by atoms with Crippen LogP contribution in [0.3, 0.4) is 0 Å². The molecule has 0 aromatic heterocycles. The molecule has 0 saturated heterocycles. The van der Waals surface area contributed by atoms with Crippen molar-refractivity contribution in [2.24, 2.45) is 0 Å². The van der Waals surface area contributed by atoms with Crippen LogP contribution < -0.4 is 4.74 Å². The fraction of sp³-hybridized carbons (Fsp3) is 0.600. The molecule has 18 heavy (non-hydrogen) atoms. The van der Waals surface area contributed by atoms with Crippen LogP contribution in [-0.4, -0.2) is 11.7 Å². The van der Waals surface area contributed by atoms with Crippen molar-refractivity contribution in [3.05, 3.63) is 29.6 Å². The third-order valence-corrected chi connectivity index (χ3v) is 2.93. The second kappa shape index (κ2) is 8.92. The van der Waals surface area contributed by atoms with Gasteiger partial charge in [-0.15, -0.1) is 0 Å². The molecule has 0 heterocycles. The molecule has 1 aromatic carbocycles. The third kappa shape index (κ3) is 5.50. The Hall–Kier alpha value is -1.09. The van der Waals surface area contributed by atoms with Crippen molar-refractivity contribution < 1.29 is 14.2 Å². The molecular weight excluding hydrogens is 231 g/mol. The Morgan fingerprint density at radius 2 is 1.83 bits per heavy atom. The van der Waals surface area contributed by atoms with E-state index in [2.05, 4.69) is 6.92 Å². The summed E-state index contributed by atoms with van der Waals surface area (Å²) in [6.45, 7) is 2.61. The first kappa shape index (κ1) is 15.0. The summed E-state index contributed by atoms with van der Waals surface area (Å²) in [5.74, 6) is -0.117. The van der Waals surface area contributed by atoms with Crippen LogP contribution in [0.5, 0.6) is 5.75 Å². The van der Waals surface area contributed by atoms with Gasteiger partial charge in [0, 0.05) is 0 Å². The Balaban J connectivity index is 2.19. The molecule has 3 heteroatoms. The average Bonchev–Trinajstić information content (AvgIpc) is 2.39. The molecule has 1 aromatic rings. The Morgan fingerprint density at radius 3 is 2.50 bits per heavy atom. The normalized spacial score (nSPS) is 10.6. The number of ether oxygens (including phenoxy) is 1. The van der Waals surface area contributed by atoms with Gasteiger partial charge in [-0.3, -0.25) is 0 Å². The van der Waals surface area contributed by atoms with Gasteiger partial charge in [0.2, 0.25) is 0 Å². The lowest BCUT2D eigenvalue weighted by molar-refractivity contribution is 0.277. The van der Waals surface area contributed by atoms with Crippen LogP contribution in [0.4, 0.5) is 4.39 Å². The largest absolute Gasteiger partial charge is 0.491 e. The number of hydrogen-bond acceptors (Lipinski definition) is 2. The standard InChI is InChI=1S/C15H23FO2/c1-2-3-4-5-6-7-10-18-15-9-8-13(12-17)11-14(15)16/h8-9,11,17H,2-7,10,12H2,1H3. The van der Waals surface area contributed by atoms with Crippen LogP contribution in [0.25, 0.3) is 0 Å². The van der Waals surface area contributed by atoms with Crippen molar-refractivity contribution in [3.8, 4) is 5.75 Å². The third-order valence-electron chi connectivity index (χ3n) is 2.93.